The number of nitrogens with one attached hydrogen (secondary N) is 1. The van der Waals surface area contributed by atoms with Crippen molar-refractivity contribution in [1.82, 2.24) is 5.32 Å². The van der Waals surface area contributed by atoms with Crippen molar-refractivity contribution >= 4 is 0 Å². The summed E-state index contributed by atoms with van der Waals surface area (Å²) in [5.74, 6) is 0.847. The van der Waals surface area contributed by atoms with E-state index in [1.807, 2.05) is 31.3 Å². The number of methoxy groups -OCH3 is 2. The molecule has 1 rings (SSSR count). The van der Waals surface area contributed by atoms with Gasteiger partial charge < -0.3 is 24.3 Å². The number of rotatable bonds is 11. The van der Waals surface area contributed by atoms with E-state index in [0.717, 1.165) is 17.9 Å². The average molecular weight is 283 g/mol. The van der Waals surface area contributed by atoms with Crippen LogP contribution >= 0.6 is 0 Å². The number of likely N-dealkylation sites (N-methyl/N-ethyl adjacent to an activating group) is 1. The lowest BCUT2D eigenvalue weighted by Gasteiger charge is -2.18. The minimum Gasteiger partial charge on any atom is -0.497 e. The van der Waals surface area contributed by atoms with Gasteiger partial charge in [0, 0.05) is 13.7 Å². The molecule has 0 fully saturated rings. The Morgan fingerprint density at radius 3 is 2.30 bits per heavy atom. The molecule has 0 aliphatic rings. The first kappa shape index (κ1) is 16.9. The van der Waals surface area contributed by atoms with Crippen LogP contribution in [-0.4, -0.2) is 54.2 Å². The summed E-state index contributed by atoms with van der Waals surface area (Å²) in [6.45, 7) is 3.09. The fourth-order valence-corrected chi connectivity index (χ4v) is 1.77. The van der Waals surface area contributed by atoms with Crippen molar-refractivity contribution in [2.75, 3.05) is 54.2 Å². The molecule has 1 atom stereocenters. The minimum absolute atomic E-state index is 0.0110. The third-order valence-corrected chi connectivity index (χ3v) is 2.86. The predicted octanol–water partition coefficient (Wildman–Crippen LogP) is 1.64. The highest BCUT2D eigenvalue weighted by Gasteiger charge is 2.11. The molecule has 1 N–H and O–H groups in total. The SMILES string of the molecule is CNCC(OCCOCCOC)c1ccc(OC)cc1. The van der Waals surface area contributed by atoms with Crippen molar-refractivity contribution in [2.45, 2.75) is 6.10 Å². The van der Waals surface area contributed by atoms with E-state index in [1.165, 1.54) is 0 Å². The third-order valence-electron chi connectivity index (χ3n) is 2.86. The van der Waals surface area contributed by atoms with Crippen LogP contribution in [0, 0.1) is 0 Å². The molecule has 0 saturated heterocycles. The molecule has 0 aliphatic heterocycles. The normalized spacial score (nSPS) is 12.3. The predicted molar refractivity (Wildman–Crippen MR) is 78.3 cm³/mol. The van der Waals surface area contributed by atoms with E-state index >= 15 is 0 Å². The molecule has 1 unspecified atom stereocenters. The van der Waals surface area contributed by atoms with E-state index in [2.05, 4.69) is 5.32 Å². The molecule has 0 amide bonds. The van der Waals surface area contributed by atoms with E-state index in [1.54, 1.807) is 14.2 Å². The van der Waals surface area contributed by atoms with Gasteiger partial charge in [0.25, 0.3) is 0 Å². The van der Waals surface area contributed by atoms with Crippen LogP contribution in [0.25, 0.3) is 0 Å². The Balaban J connectivity index is 2.38. The Morgan fingerprint density at radius 2 is 1.70 bits per heavy atom. The van der Waals surface area contributed by atoms with Crippen molar-refractivity contribution in [3.05, 3.63) is 29.8 Å². The van der Waals surface area contributed by atoms with E-state index in [0.29, 0.717) is 26.4 Å². The third kappa shape index (κ3) is 6.34. The lowest BCUT2D eigenvalue weighted by molar-refractivity contribution is -0.00632. The zero-order valence-electron chi connectivity index (χ0n) is 12.6. The molecular formula is C15H25NO4. The zero-order valence-corrected chi connectivity index (χ0v) is 12.6. The number of benzene rings is 1. The molecule has 0 aliphatic carbocycles. The number of hydrogen-bond donors (Lipinski definition) is 1. The molecule has 1 aromatic carbocycles. The lowest BCUT2D eigenvalue weighted by Crippen LogP contribution is -2.21. The lowest BCUT2D eigenvalue weighted by atomic mass is 10.1. The van der Waals surface area contributed by atoms with Crippen LogP contribution in [0.3, 0.4) is 0 Å². The molecule has 20 heavy (non-hydrogen) atoms. The van der Waals surface area contributed by atoms with Gasteiger partial charge in [-0.3, -0.25) is 0 Å². The molecule has 5 heteroatoms. The van der Waals surface area contributed by atoms with E-state index in [-0.39, 0.29) is 6.10 Å². The molecule has 0 saturated carbocycles. The van der Waals surface area contributed by atoms with Crippen molar-refractivity contribution in [3.63, 3.8) is 0 Å². The summed E-state index contributed by atoms with van der Waals surface area (Å²) in [6, 6.07) is 7.92. The summed E-state index contributed by atoms with van der Waals surface area (Å²) >= 11 is 0. The average Bonchev–Trinajstić information content (AvgIpc) is 2.50. The quantitative estimate of drug-likeness (QED) is 0.626. The Bertz CT molecular complexity index is 342. The second-order valence-corrected chi connectivity index (χ2v) is 4.30. The summed E-state index contributed by atoms with van der Waals surface area (Å²) in [7, 11) is 5.23. The Hall–Kier alpha value is -1.14. The summed E-state index contributed by atoms with van der Waals surface area (Å²) in [6.07, 6.45) is 0.0110. The topological polar surface area (TPSA) is 49.0 Å². The van der Waals surface area contributed by atoms with E-state index < -0.39 is 0 Å². The highest BCUT2D eigenvalue weighted by atomic mass is 16.5. The van der Waals surface area contributed by atoms with Gasteiger partial charge in [-0.05, 0) is 24.7 Å². The summed E-state index contributed by atoms with van der Waals surface area (Å²) < 4.78 is 21.3. The molecular weight excluding hydrogens is 258 g/mol. The van der Waals surface area contributed by atoms with Gasteiger partial charge >= 0.3 is 0 Å². The van der Waals surface area contributed by atoms with E-state index in [4.69, 9.17) is 18.9 Å². The molecule has 0 bridgehead atoms. The molecule has 0 aromatic heterocycles. The standard InChI is InChI=1S/C15H25NO4/c1-16-12-15(20-11-10-19-9-8-17-2)13-4-6-14(18-3)7-5-13/h4-7,15-16H,8-12H2,1-3H3. The van der Waals surface area contributed by atoms with Crippen LogP contribution in [-0.2, 0) is 14.2 Å². The van der Waals surface area contributed by atoms with Gasteiger partial charge in [-0.2, -0.15) is 0 Å². The smallest absolute Gasteiger partial charge is 0.118 e. The molecule has 0 spiro atoms. The van der Waals surface area contributed by atoms with Gasteiger partial charge in [-0.15, -0.1) is 0 Å². The maximum absolute atomic E-state index is 5.85. The van der Waals surface area contributed by atoms with Gasteiger partial charge in [-0.1, -0.05) is 12.1 Å². The summed E-state index contributed by atoms with van der Waals surface area (Å²) in [5, 5.41) is 3.14. The highest BCUT2D eigenvalue weighted by molar-refractivity contribution is 5.28. The van der Waals surface area contributed by atoms with Crippen molar-refractivity contribution in [2.24, 2.45) is 0 Å². The zero-order chi connectivity index (χ0) is 14.6. The summed E-state index contributed by atoms with van der Waals surface area (Å²) in [5.41, 5.74) is 1.12. The van der Waals surface area contributed by atoms with Gasteiger partial charge in [0.1, 0.15) is 5.75 Å². The van der Waals surface area contributed by atoms with Crippen LogP contribution in [0.1, 0.15) is 11.7 Å². The monoisotopic (exact) mass is 283 g/mol. The summed E-state index contributed by atoms with van der Waals surface area (Å²) in [4.78, 5) is 0. The van der Waals surface area contributed by atoms with Gasteiger partial charge in [0.05, 0.1) is 39.6 Å². The Morgan fingerprint density at radius 1 is 1.00 bits per heavy atom. The Labute approximate surface area is 121 Å². The van der Waals surface area contributed by atoms with Gasteiger partial charge in [-0.25, -0.2) is 0 Å². The molecule has 114 valence electrons. The first-order valence-corrected chi connectivity index (χ1v) is 6.78. The molecule has 1 aromatic rings. The second kappa shape index (κ2) is 10.6. The number of ether oxygens (including phenoxy) is 4. The second-order valence-electron chi connectivity index (χ2n) is 4.30. The number of hydrogen-bond acceptors (Lipinski definition) is 5. The van der Waals surface area contributed by atoms with Crippen LogP contribution in [0.2, 0.25) is 0 Å². The minimum atomic E-state index is 0.0110. The molecule has 0 radical (unpaired) electrons. The fraction of sp³-hybridized carbons (Fsp3) is 0.600. The van der Waals surface area contributed by atoms with Crippen LogP contribution in [0.15, 0.2) is 24.3 Å². The molecule has 0 heterocycles. The van der Waals surface area contributed by atoms with Crippen molar-refractivity contribution < 1.29 is 18.9 Å². The van der Waals surface area contributed by atoms with Crippen LogP contribution in [0.4, 0.5) is 0 Å². The van der Waals surface area contributed by atoms with Crippen LogP contribution in [0.5, 0.6) is 5.75 Å². The van der Waals surface area contributed by atoms with Crippen molar-refractivity contribution in [1.29, 1.82) is 0 Å². The highest BCUT2D eigenvalue weighted by Crippen LogP contribution is 2.20. The van der Waals surface area contributed by atoms with E-state index in [9.17, 15) is 0 Å². The van der Waals surface area contributed by atoms with Gasteiger partial charge in [0.2, 0.25) is 0 Å². The maximum Gasteiger partial charge on any atom is 0.118 e. The fourth-order valence-electron chi connectivity index (χ4n) is 1.77. The first-order chi connectivity index (χ1) is 9.81. The largest absolute Gasteiger partial charge is 0.497 e. The molecule has 5 nitrogen and oxygen atoms in total. The van der Waals surface area contributed by atoms with Crippen molar-refractivity contribution in [3.8, 4) is 5.75 Å². The maximum atomic E-state index is 5.85. The Kier molecular flexibility index (Phi) is 8.98. The van der Waals surface area contributed by atoms with Crippen LogP contribution < -0.4 is 10.1 Å². The first-order valence-electron chi connectivity index (χ1n) is 6.78. The van der Waals surface area contributed by atoms with Gasteiger partial charge in [0.15, 0.2) is 0 Å².